The average Bonchev–Trinajstić information content (AvgIpc) is 2.66. The number of carboxylic acid groups (broad SMARTS) is 1. The van der Waals surface area contributed by atoms with Crippen LogP contribution in [-0.2, 0) is 4.79 Å². The molecule has 0 heterocycles. The second-order valence-electron chi connectivity index (χ2n) is 6.83. The average molecular weight is 296 g/mol. The van der Waals surface area contributed by atoms with Crippen molar-refractivity contribution in [2.75, 3.05) is 0 Å². The van der Waals surface area contributed by atoms with Crippen LogP contribution in [0.2, 0.25) is 0 Å². The summed E-state index contributed by atoms with van der Waals surface area (Å²) in [5.74, 6) is -0.108. The van der Waals surface area contributed by atoms with E-state index < -0.39 is 11.9 Å². The maximum atomic E-state index is 12.2. The van der Waals surface area contributed by atoms with E-state index in [0.29, 0.717) is 18.3 Å². The smallest absolute Gasteiger partial charge is 0.315 e. The highest BCUT2D eigenvalue weighted by molar-refractivity contribution is 5.77. The lowest BCUT2D eigenvalue weighted by Gasteiger charge is -2.25. The van der Waals surface area contributed by atoms with Gasteiger partial charge in [-0.25, -0.2) is 4.79 Å². The van der Waals surface area contributed by atoms with E-state index in [1.54, 1.807) is 0 Å². The summed E-state index contributed by atoms with van der Waals surface area (Å²) in [6.45, 7) is 4.39. The van der Waals surface area contributed by atoms with Gasteiger partial charge in [-0.1, -0.05) is 33.1 Å². The third-order valence-corrected chi connectivity index (χ3v) is 5.43. The fourth-order valence-corrected chi connectivity index (χ4v) is 3.72. The zero-order chi connectivity index (χ0) is 15.4. The fourth-order valence-electron chi connectivity index (χ4n) is 3.72. The minimum absolute atomic E-state index is 0.195. The molecule has 120 valence electrons. The standard InChI is InChI=1S/C16H28N2O3/c1-10-8-9-13(11(10)2)17-16(21)18-14-7-5-3-4-6-12(14)15(19)20/h10-14H,3-9H2,1-2H3,(H,19,20)(H2,17,18,21). The Labute approximate surface area is 126 Å². The van der Waals surface area contributed by atoms with Crippen molar-refractivity contribution in [1.29, 1.82) is 0 Å². The summed E-state index contributed by atoms with van der Waals surface area (Å²) in [5, 5.41) is 15.3. The van der Waals surface area contributed by atoms with Crippen molar-refractivity contribution < 1.29 is 14.7 Å². The zero-order valence-electron chi connectivity index (χ0n) is 13.1. The lowest BCUT2D eigenvalue weighted by Crippen LogP contribution is -2.50. The number of carbonyl (C=O) groups is 2. The molecule has 0 bridgehead atoms. The molecule has 0 aromatic heterocycles. The van der Waals surface area contributed by atoms with Crippen molar-refractivity contribution in [3.8, 4) is 0 Å². The number of carbonyl (C=O) groups excluding carboxylic acids is 1. The van der Waals surface area contributed by atoms with Crippen LogP contribution in [0.4, 0.5) is 4.79 Å². The highest BCUT2D eigenvalue weighted by Gasteiger charge is 2.33. The van der Waals surface area contributed by atoms with Gasteiger partial charge >= 0.3 is 12.0 Å². The SMILES string of the molecule is CC1CCC(NC(=O)NC2CCCCCC2C(=O)O)C1C. The van der Waals surface area contributed by atoms with Crippen molar-refractivity contribution in [2.24, 2.45) is 17.8 Å². The fraction of sp³-hybridized carbons (Fsp3) is 0.875. The molecule has 5 nitrogen and oxygen atoms in total. The van der Waals surface area contributed by atoms with Crippen molar-refractivity contribution >= 4 is 12.0 Å². The summed E-state index contributed by atoms with van der Waals surface area (Å²) in [7, 11) is 0. The molecule has 0 radical (unpaired) electrons. The van der Waals surface area contributed by atoms with Crippen molar-refractivity contribution in [1.82, 2.24) is 10.6 Å². The molecule has 0 saturated heterocycles. The van der Waals surface area contributed by atoms with Gasteiger partial charge in [-0.2, -0.15) is 0 Å². The summed E-state index contributed by atoms with van der Waals surface area (Å²) in [5.41, 5.74) is 0. The Morgan fingerprint density at radius 3 is 2.19 bits per heavy atom. The van der Waals surface area contributed by atoms with Crippen molar-refractivity contribution in [3.63, 3.8) is 0 Å². The van der Waals surface area contributed by atoms with E-state index in [9.17, 15) is 14.7 Å². The Hall–Kier alpha value is -1.26. The molecule has 3 N–H and O–H groups in total. The van der Waals surface area contributed by atoms with Gasteiger partial charge in [-0.15, -0.1) is 0 Å². The number of aliphatic carboxylic acids is 1. The summed E-state index contributed by atoms with van der Waals surface area (Å²) < 4.78 is 0. The van der Waals surface area contributed by atoms with Crippen LogP contribution in [0.25, 0.3) is 0 Å². The van der Waals surface area contributed by atoms with Crippen LogP contribution >= 0.6 is 0 Å². The van der Waals surface area contributed by atoms with Gasteiger partial charge in [0.2, 0.25) is 0 Å². The van der Waals surface area contributed by atoms with Crippen molar-refractivity contribution in [2.45, 2.75) is 70.9 Å². The molecule has 5 atom stereocenters. The Kier molecular flexibility index (Phi) is 5.48. The molecule has 2 fully saturated rings. The molecule has 0 aliphatic heterocycles. The van der Waals surface area contributed by atoms with Gasteiger partial charge in [0.05, 0.1) is 5.92 Å². The Bertz CT molecular complexity index is 386. The maximum Gasteiger partial charge on any atom is 0.315 e. The Balaban J connectivity index is 1.89. The molecular weight excluding hydrogens is 268 g/mol. The van der Waals surface area contributed by atoms with Gasteiger partial charge in [0.15, 0.2) is 0 Å². The van der Waals surface area contributed by atoms with Crippen LogP contribution in [0.3, 0.4) is 0 Å². The molecule has 0 aromatic carbocycles. The molecular formula is C16H28N2O3. The Morgan fingerprint density at radius 1 is 0.905 bits per heavy atom. The number of rotatable bonds is 3. The molecule has 5 unspecified atom stereocenters. The lowest BCUT2D eigenvalue weighted by atomic mass is 9.95. The lowest BCUT2D eigenvalue weighted by molar-refractivity contribution is -0.142. The van der Waals surface area contributed by atoms with Gasteiger partial charge in [0, 0.05) is 12.1 Å². The van der Waals surface area contributed by atoms with E-state index in [1.165, 1.54) is 0 Å². The first-order valence-electron chi connectivity index (χ1n) is 8.29. The number of hydrogen-bond donors (Lipinski definition) is 3. The van der Waals surface area contributed by atoms with Crippen LogP contribution in [0.15, 0.2) is 0 Å². The number of hydrogen-bond acceptors (Lipinski definition) is 2. The largest absolute Gasteiger partial charge is 0.481 e. The summed E-state index contributed by atoms with van der Waals surface area (Å²) >= 11 is 0. The molecule has 2 aliphatic carbocycles. The van der Waals surface area contributed by atoms with Gasteiger partial charge in [0.25, 0.3) is 0 Å². The number of urea groups is 1. The van der Waals surface area contributed by atoms with E-state index in [0.717, 1.165) is 38.5 Å². The molecule has 0 aromatic rings. The van der Waals surface area contributed by atoms with E-state index in [1.807, 2.05) is 0 Å². The molecule has 2 amide bonds. The first-order chi connectivity index (χ1) is 9.99. The molecule has 2 aliphatic rings. The van der Waals surface area contributed by atoms with Gasteiger partial charge in [-0.05, 0) is 37.5 Å². The topological polar surface area (TPSA) is 78.4 Å². The first-order valence-corrected chi connectivity index (χ1v) is 8.29. The normalized spacial score (nSPS) is 36.8. The highest BCUT2D eigenvalue weighted by Crippen LogP contribution is 2.31. The number of nitrogens with one attached hydrogen (secondary N) is 2. The minimum Gasteiger partial charge on any atom is -0.481 e. The predicted octanol–water partition coefficient (Wildman–Crippen LogP) is 2.75. The quantitative estimate of drug-likeness (QED) is 0.701. The maximum absolute atomic E-state index is 12.2. The summed E-state index contributed by atoms with van der Waals surface area (Å²) in [6, 6.07) is -0.215. The third kappa shape index (κ3) is 4.11. The van der Waals surface area contributed by atoms with Crippen molar-refractivity contribution in [3.05, 3.63) is 0 Å². The van der Waals surface area contributed by atoms with Crippen LogP contribution in [-0.4, -0.2) is 29.2 Å². The van der Waals surface area contributed by atoms with Crippen LogP contribution in [0, 0.1) is 17.8 Å². The van der Waals surface area contributed by atoms with E-state index >= 15 is 0 Å². The van der Waals surface area contributed by atoms with Crippen LogP contribution in [0.5, 0.6) is 0 Å². The van der Waals surface area contributed by atoms with Crippen LogP contribution < -0.4 is 10.6 Å². The number of amides is 2. The highest BCUT2D eigenvalue weighted by atomic mass is 16.4. The van der Waals surface area contributed by atoms with E-state index in [-0.39, 0.29) is 18.1 Å². The molecule has 21 heavy (non-hydrogen) atoms. The van der Waals surface area contributed by atoms with E-state index in [4.69, 9.17) is 0 Å². The van der Waals surface area contributed by atoms with Gasteiger partial charge in [0.1, 0.15) is 0 Å². The van der Waals surface area contributed by atoms with E-state index in [2.05, 4.69) is 24.5 Å². The molecule has 0 spiro atoms. The van der Waals surface area contributed by atoms with Gasteiger partial charge in [-0.3, -0.25) is 4.79 Å². The molecule has 2 rings (SSSR count). The summed E-state index contributed by atoms with van der Waals surface area (Å²) in [6.07, 6.45) is 6.58. The first kappa shape index (κ1) is 16.1. The minimum atomic E-state index is -0.787. The Morgan fingerprint density at radius 2 is 1.57 bits per heavy atom. The third-order valence-electron chi connectivity index (χ3n) is 5.43. The second-order valence-corrected chi connectivity index (χ2v) is 6.83. The monoisotopic (exact) mass is 296 g/mol. The zero-order valence-corrected chi connectivity index (χ0v) is 13.1. The summed E-state index contributed by atoms with van der Waals surface area (Å²) in [4.78, 5) is 23.6. The van der Waals surface area contributed by atoms with Crippen LogP contribution in [0.1, 0.15) is 58.8 Å². The predicted molar refractivity (Wildman–Crippen MR) is 81.0 cm³/mol. The molecule has 5 heteroatoms. The molecule has 2 saturated carbocycles. The van der Waals surface area contributed by atoms with Gasteiger partial charge < -0.3 is 15.7 Å². The number of carboxylic acids is 1. The second kappa shape index (κ2) is 7.14.